The van der Waals surface area contributed by atoms with Crippen LogP contribution >= 0.6 is 0 Å². The van der Waals surface area contributed by atoms with Crippen molar-refractivity contribution >= 4 is 5.91 Å². The molecule has 0 bridgehead atoms. The third-order valence-corrected chi connectivity index (χ3v) is 3.44. The lowest BCUT2D eigenvalue weighted by molar-refractivity contribution is 0.0950. The maximum Gasteiger partial charge on any atom is 0.255 e. The Bertz CT molecular complexity index is 608. The van der Waals surface area contributed by atoms with Gasteiger partial charge in [0.1, 0.15) is 11.5 Å². The molecular formula is C18H21NO3. The van der Waals surface area contributed by atoms with Crippen LogP contribution in [0, 0.1) is 0 Å². The molecule has 1 N–H and O–H groups in total. The average molecular weight is 299 g/mol. The molecule has 0 aliphatic rings. The highest BCUT2D eigenvalue weighted by molar-refractivity contribution is 5.96. The summed E-state index contributed by atoms with van der Waals surface area (Å²) in [5, 5.41) is 2.92. The van der Waals surface area contributed by atoms with E-state index in [1.165, 1.54) is 5.56 Å². The monoisotopic (exact) mass is 299 g/mol. The van der Waals surface area contributed by atoms with E-state index in [0.29, 0.717) is 17.9 Å². The molecule has 0 radical (unpaired) electrons. The van der Waals surface area contributed by atoms with Gasteiger partial charge in [0.2, 0.25) is 0 Å². The van der Waals surface area contributed by atoms with E-state index in [1.54, 1.807) is 26.4 Å². The highest BCUT2D eigenvalue weighted by atomic mass is 16.5. The van der Waals surface area contributed by atoms with Gasteiger partial charge in [-0.05, 0) is 42.7 Å². The average Bonchev–Trinajstić information content (AvgIpc) is 2.59. The van der Waals surface area contributed by atoms with Gasteiger partial charge in [-0.25, -0.2) is 0 Å². The van der Waals surface area contributed by atoms with Gasteiger partial charge in [0, 0.05) is 6.54 Å². The Balaban J connectivity index is 1.79. The molecule has 1 amide bonds. The lowest BCUT2D eigenvalue weighted by Gasteiger charge is -2.09. The zero-order chi connectivity index (χ0) is 15.8. The van der Waals surface area contributed by atoms with Crippen LogP contribution in [0.5, 0.6) is 11.5 Å². The molecule has 4 heteroatoms. The minimum Gasteiger partial charge on any atom is -0.497 e. The molecule has 0 aliphatic carbocycles. The number of rotatable bonds is 7. The van der Waals surface area contributed by atoms with Crippen LogP contribution in [-0.2, 0) is 6.42 Å². The van der Waals surface area contributed by atoms with Crippen LogP contribution in [0.3, 0.4) is 0 Å². The van der Waals surface area contributed by atoms with Crippen LogP contribution in [0.1, 0.15) is 22.3 Å². The van der Waals surface area contributed by atoms with E-state index in [2.05, 4.69) is 5.32 Å². The van der Waals surface area contributed by atoms with Crippen molar-refractivity contribution in [3.63, 3.8) is 0 Å². The fourth-order valence-electron chi connectivity index (χ4n) is 2.21. The maximum absolute atomic E-state index is 12.1. The van der Waals surface area contributed by atoms with Crippen molar-refractivity contribution in [1.82, 2.24) is 5.32 Å². The van der Waals surface area contributed by atoms with Gasteiger partial charge in [0.05, 0.1) is 19.8 Å². The fraction of sp³-hybridized carbons (Fsp3) is 0.278. The summed E-state index contributed by atoms with van der Waals surface area (Å²) in [6.07, 6.45) is 1.80. The number of benzene rings is 2. The Kier molecular flexibility index (Phi) is 5.83. The number of para-hydroxylation sites is 1. The summed E-state index contributed by atoms with van der Waals surface area (Å²) in [5.74, 6) is 1.34. The molecule has 22 heavy (non-hydrogen) atoms. The van der Waals surface area contributed by atoms with Gasteiger partial charge in [-0.3, -0.25) is 4.79 Å². The molecule has 0 saturated carbocycles. The molecule has 0 spiro atoms. The third-order valence-electron chi connectivity index (χ3n) is 3.44. The van der Waals surface area contributed by atoms with Crippen LogP contribution in [0.15, 0.2) is 48.5 Å². The van der Waals surface area contributed by atoms with Crippen molar-refractivity contribution in [1.29, 1.82) is 0 Å². The first-order valence-electron chi connectivity index (χ1n) is 7.28. The summed E-state index contributed by atoms with van der Waals surface area (Å²) in [6, 6.07) is 15.2. The lowest BCUT2D eigenvalue weighted by atomic mass is 10.1. The molecule has 0 unspecified atom stereocenters. The zero-order valence-corrected chi connectivity index (χ0v) is 13.0. The smallest absolute Gasteiger partial charge is 0.255 e. The summed E-state index contributed by atoms with van der Waals surface area (Å²) in [6.45, 7) is 0.628. The number of carbonyl (C=O) groups is 1. The second-order valence-electron chi connectivity index (χ2n) is 4.91. The summed E-state index contributed by atoms with van der Waals surface area (Å²) >= 11 is 0. The van der Waals surface area contributed by atoms with E-state index >= 15 is 0 Å². The Morgan fingerprint density at radius 2 is 1.73 bits per heavy atom. The molecule has 0 aromatic heterocycles. The molecule has 0 saturated heterocycles. The molecule has 2 aromatic rings. The predicted octanol–water partition coefficient (Wildman–Crippen LogP) is 3.07. The van der Waals surface area contributed by atoms with Gasteiger partial charge in [-0.15, -0.1) is 0 Å². The van der Waals surface area contributed by atoms with Gasteiger partial charge in [-0.2, -0.15) is 0 Å². The van der Waals surface area contributed by atoms with Crippen LogP contribution in [0.4, 0.5) is 0 Å². The number of carbonyl (C=O) groups excluding carboxylic acids is 1. The van der Waals surface area contributed by atoms with E-state index in [0.717, 1.165) is 18.6 Å². The molecule has 0 heterocycles. The van der Waals surface area contributed by atoms with E-state index in [-0.39, 0.29) is 5.91 Å². The number of hydrogen-bond acceptors (Lipinski definition) is 3. The standard InChI is InChI=1S/C18H21NO3/c1-21-15-11-9-14(10-12-15)6-5-13-19-18(20)16-7-3-4-8-17(16)22-2/h3-4,7-12H,5-6,13H2,1-2H3,(H,19,20). The SMILES string of the molecule is COc1ccc(CCCNC(=O)c2ccccc2OC)cc1. The molecule has 116 valence electrons. The number of methoxy groups -OCH3 is 2. The second-order valence-corrected chi connectivity index (χ2v) is 4.91. The van der Waals surface area contributed by atoms with Gasteiger partial charge < -0.3 is 14.8 Å². The minimum absolute atomic E-state index is 0.104. The van der Waals surface area contributed by atoms with Crippen molar-refractivity contribution < 1.29 is 14.3 Å². The first kappa shape index (κ1) is 15.9. The Morgan fingerprint density at radius 1 is 1.00 bits per heavy atom. The molecule has 2 rings (SSSR count). The van der Waals surface area contributed by atoms with Crippen LogP contribution in [0.25, 0.3) is 0 Å². The normalized spacial score (nSPS) is 10.1. The highest BCUT2D eigenvalue weighted by Crippen LogP contribution is 2.17. The van der Waals surface area contributed by atoms with Crippen LogP contribution in [-0.4, -0.2) is 26.7 Å². The van der Waals surface area contributed by atoms with Gasteiger partial charge >= 0.3 is 0 Å². The third kappa shape index (κ3) is 4.25. The molecule has 0 atom stereocenters. The van der Waals surface area contributed by atoms with Gasteiger partial charge in [0.25, 0.3) is 5.91 Å². The number of amides is 1. The van der Waals surface area contributed by atoms with Crippen molar-refractivity contribution in [3.05, 3.63) is 59.7 Å². The van der Waals surface area contributed by atoms with Gasteiger partial charge in [0.15, 0.2) is 0 Å². The lowest BCUT2D eigenvalue weighted by Crippen LogP contribution is -2.25. The quantitative estimate of drug-likeness (QED) is 0.799. The number of ether oxygens (including phenoxy) is 2. The zero-order valence-electron chi connectivity index (χ0n) is 13.0. The Hall–Kier alpha value is -2.49. The van der Waals surface area contributed by atoms with E-state index in [9.17, 15) is 4.79 Å². The second kappa shape index (κ2) is 8.08. The molecule has 2 aromatic carbocycles. The Labute approximate surface area is 131 Å². The summed E-state index contributed by atoms with van der Waals surface area (Å²) < 4.78 is 10.3. The molecule has 0 fully saturated rings. The summed E-state index contributed by atoms with van der Waals surface area (Å²) in [4.78, 5) is 12.1. The van der Waals surface area contributed by atoms with E-state index in [1.807, 2.05) is 36.4 Å². The number of aryl methyl sites for hydroxylation is 1. The van der Waals surface area contributed by atoms with Gasteiger partial charge in [-0.1, -0.05) is 24.3 Å². The Morgan fingerprint density at radius 3 is 2.41 bits per heavy atom. The first-order chi connectivity index (χ1) is 10.7. The van der Waals surface area contributed by atoms with Crippen molar-refractivity contribution in [2.75, 3.05) is 20.8 Å². The minimum atomic E-state index is -0.104. The first-order valence-corrected chi connectivity index (χ1v) is 7.28. The molecule has 0 aliphatic heterocycles. The number of hydrogen-bond donors (Lipinski definition) is 1. The largest absolute Gasteiger partial charge is 0.497 e. The highest BCUT2D eigenvalue weighted by Gasteiger charge is 2.10. The van der Waals surface area contributed by atoms with Crippen molar-refractivity contribution in [2.45, 2.75) is 12.8 Å². The summed E-state index contributed by atoms with van der Waals surface area (Å²) in [5.41, 5.74) is 1.79. The fourth-order valence-corrected chi connectivity index (χ4v) is 2.21. The van der Waals surface area contributed by atoms with Crippen molar-refractivity contribution in [3.8, 4) is 11.5 Å². The maximum atomic E-state index is 12.1. The van der Waals surface area contributed by atoms with Crippen molar-refractivity contribution in [2.24, 2.45) is 0 Å². The number of nitrogens with one attached hydrogen (secondary N) is 1. The predicted molar refractivity (Wildman–Crippen MR) is 86.6 cm³/mol. The topological polar surface area (TPSA) is 47.6 Å². The van der Waals surface area contributed by atoms with E-state index < -0.39 is 0 Å². The van der Waals surface area contributed by atoms with Crippen LogP contribution in [0.2, 0.25) is 0 Å². The summed E-state index contributed by atoms with van der Waals surface area (Å²) in [7, 11) is 3.22. The van der Waals surface area contributed by atoms with Crippen LogP contribution < -0.4 is 14.8 Å². The van der Waals surface area contributed by atoms with E-state index in [4.69, 9.17) is 9.47 Å². The molecular weight excluding hydrogens is 278 g/mol. The molecule has 4 nitrogen and oxygen atoms in total.